The Hall–Kier alpha value is -0.170. The van der Waals surface area contributed by atoms with Crippen LogP contribution in [0.1, 0.15) is 26.7 Å². The van der Waals surface area contributed by atoms with Crippen molar-refractivity contribution in [3.63, 3.8) is 0 Å². The molecule has 1 rings (SSSR count). The van der Waals surface area contributed by atoms with Crippen LogP contribution in [0.15, 0.2) is 23.1 Å². The largest absolute Gasteiger partial charge is 0.244 e. The zero-order chi connectivity index (χ0) is 15.3. The second-order valence-corrected chi connectivity index (χ2v) is 7.41. The van der Waals surface area contributed by atoms with E-state index in [-0.39, 0.29) is 16.0 Å². The van der Waals surface area contributed by atoms with Crippen molar-refractivity contribution in [2.24, 2.45) is 0 Å². The maximum absolute atomic E-state index is 13.3. The zero-order valence-electron chi connectivity index (χ0n) is 11.4. The van der Waals surface area contributed by atoms with Gasteiger partial charge in [-0.2, -0.15) is 4.31 Å². The number of hydrogen-bond donors (Lipinski definition) is 0. The molecule has 0 saturated carbocycles. The summed E-state index contributed by atoms with van der Waals surface area (Å²) in [7, 11) is -3.81. The van der Waals surface area contributed by atoms with Crippen LogP contribution in [0.5, 0.6) is 0 Å². The van der Waals surface area contributed by atoms with Crippen LogP contribution in [0.3, 0.4) is 0 Å². The van der Waals surface area contributed by atoms with Gasteiger partial charge in [0.15, 0.2) is 0 Å². The SMILES string of the molecule is CCC(CC)N(CCBr)S(=O)(=O)c1cc(F)ccc1Cl. The van der Waals surface area contributed by atoms with Crippen LogP contribution >= 0.6 is 27.5 Å². The molecule has 0 N–H and O–H groups in total. The summed E-state index contributed by atoms with van der Waals surface area (Å²) < 4.78 is 40.1. The van der Waals surface area contributed by atoms with Crippen LogP contribution in [0.25, 0.3) is 0 Å². The molecule has 0 spiro atoms. The minimum Gasteiger partial charge on any atom is -0.207 e. The third kappa shape index (κ3) is 3.93. The molecule has 3 nitrogen and oxygen atoms in total. The Morgan fingerprint density at radius 3 is 2.45 bits per heavy atom. The molecule has 1 aromatic rings. The van der Waals surface area contributed by atoms with Gasteiger partial charge in [0, 0.05) is 17.9 Å². The molecule has 0 aliphatic rings. The Morgan fingerprint density at radius 2 is 1.95 bits per heavy atom. The maximum Gasteiger partial charge on any atom is 0.244 e. The molecule has 114 valence electrons. The lowest BCUT2D eigenvalue weighted by Crippen LogP contribution is -2.41. The lowest BCUT2D eigenvalue weighted by Gasteiger charge is -2.29. The fourth-order valence-corrected chi connectivity index (χ4v) is 4.96. The van der Waals surface area contributed by atoms with Gasteiger partial charge in [0.2, 0.25) is 10.0 Å². The molecule has 0 heterocycles. The fraction of sp³-hybridized carbons (Fsp3) is 0.538. The van der Waals surface area contributed by atoms with Crippen molar-refractivity contribution in [1.29, 1.82) is 0 Å². The van der Waals surface area contributed by atoms with Crippen molar-refractivity contribution in [2.45, 2.75) is 37.6 Å². The standard InChI is InChI=1S/C13H18BrClFNO2S/c1-3-11(4-2)17(8-7-14)20(18,19)13-9-10(16)5-6-12(13)15/h5-6,9,11H,3-4,7-8H2,1-2H3. The second kappa shape index (κ2) is 7.73. The van der Waals surface area contributed by atoms with E-state index in [9.17, 15) is 12.8 Å². The van der Waals surface area contributed by atoms with E-state index >= 15 is 0 Å². The van der Waals surface area contributed by atoms with Gasteiger partial charge in [-0.3, -0.25) is 0 Å². The van der Waals surface area contributed by atoms with Crippen molar-refractivity contribution < 1.29 is 12.8 Å². The lowest BCUT2D eigenvalue weighted by molar-refractivity contribution is 0.317. The van der Waals surface area contributed by atoms with Crippen molar-refractivity contribution in [1.82, 2.24) is 4.31 Å². The number of alkyl halides is 1. The first-order chi connectivity index (χ1) is 9.38. The molecule has 20 heavy (non-hydrogen) atoms. The summed E-state index contributed by atoms with van der Waals surface area (Å²) in [5.74, 6) is -0.615. The molecular formula is C13H18BrClFNO2S. The monoisotopic (exact) mass is 385 g/mol. The van der Waals surface area contributed by atoms with Crippen LogP contribution in [0, 0.1) is 5.82 Å². The minimum absolute atomic E-state index is 0.0388. The summed E-state index contributed by atoms with van der Waals surface area (Å²) in [6.07, 6.45) is 1.38. The van der Waals surface area contributed by atoms with E-state index in [0.29, 0.717) is 24.7 Å². The van der Waals surface area contributed by atoms with E-state index in [1.54, 1.807) is 0 Å². The van der Waals surface area contributed by atoms with Gasteiger partial charge in [-0.05, 0) is 31.0 Å². The van der Waals surface area contributed by atoms with Crippen molar-refractivity contribution >= 4 is 37.6 Å². The van der Waals surface area contributed by atoms with E-state index in [0.717, 1.165) is 12.1 Å². The average molecular weight is 387 g/mol. The average Bonchev–Trinajstić information content (AvgIpc) is 2.41. The molecule has 0 saturated heterocycles. The number of nitrogens with zero attached hydrogens (tertiary/aromatic N) is 1. The first-order valence-electron chi connectivity index (χ1n) is 6.41. The molecule has 0 fully saturated rings. The Bertz CT molecular complexity index is 549. The van der Waals surface area contributed by atoms with Crippen molar-refractivity contribution in [2.75, 3.05) is 11.9 Å². The molecule has 0 aromatic heterocycles. The topological polar surface area (TPSA) is 37.4 Å². The molecular weight excluding hydrogens is 369 g/mol. The van der Waals surface area contributed by atoms with E-state index in [1.807, 2.05) is 13.8 Å². The number of benzene rings is 1. The summed E-state index contributed by atoms with van der Waals surface area (Å²) in [6.45, 7) is 4.18. The highest BCUT2D eigenvalue weighted by Crippen LogP contribution is 2.28. The molecule has 0 radical (unpaired) electrons. The number of sulfonamides is 1. The van der Waals surface area contributed by atoms with Gasteiger partial charge in [-0.1, -0.05) is 41.4 Å². The first kappa shape index (κ1) is 17.9. The predicted molar refractivity (Wildman–Crippen MR) is 83.5 cm³/mol. The van der Waals surface area contributed by atoms with Crippen LogP contribution in [0.2, 0.25) is 5.02 Å². The van der Waals surface area contributed by atoms with Crippen molar-refractivity contribution in [3.05, 3.63) is 29.0 Å². The van der Waals surface area contributed by atoms with Gasteiger partial charge in [0.05, 0.1) is 5.02 Å². The summed E-state index contributed by atoms with van der Waals surface area (Å²) in [5, 5.41) is 0.548. The van der Waals surface area contributed by atoms with Crippen LogP contribution in [0.4, 0.5) is 4.39 Å². The van der Waals surface area contributed by atoms with Gasteiger partial charge in [0.1, 0.15) is 10.7 Å². The third-order valence-electron chi connectivity index (χ3n) is 3.13. The Kier molecular flexibility index (Phi) is 6.91. The smallest absolute Gasteiger partial charge is 0.207 e. The summed E-state index contributed by atoms with van der Waals surface area (Å²) >= 11 is 9.19. The highest BCUT2D eigenvalue weighted by molar-refractivity contribution is 9.09. The molecule has 0 atom stereocenters. The summed E-state index contributed by atoms with van der Waals surface area (Å²) in [5.41, 5.74) is 0. The van der Waals surface area contributed by atoms with Gasteiger partial charge in [-0.25, -0.2) is 12.8 Å². The number of hydrogen-bond acceptors (Lipinski definition) is 2. The molecule has 0 amide bonds. The summed E-state index contributed by atoms with van der Waals surface area (Å²) in [6, 6.07) is 3.26. The van der Waals surface area contributed by atoms with E-state index in [2.05, 4.69) is 15.9 Å². The second-order valence-electron chi connectivity index (χ2n) is 4.35. The first-order valence-corrected chi connectivity index (χ1v) is 9.35. The fourth-order valence-electron chi connectivity index (χ4n) is 2.08. The summed E-state index contributed by atoms with van der Waals surface area (Å²) in [4.78, 5) is -0.174. The lowest BCUT2D eigenvalue weighted by atomic mass is 10.2. The number of halogens is 3. The Balaban J connectivity index is 3.32. The predicted octanol–water partition coefficient (Wildman–Crippen LogP) is 4.05. The van der Waals surface area contributed by atoms with E-state index in [1.165, 1.54) is 10.4 Å². The van der Waals surface area contributed by atoms with Gasteiger partial charge < -0.3 is 0 Å². The van der Waals surface area contributed by atoms with E-state index in [4.69, 9.17) is 11.6 Å². The molecule has 0 aliphatic heterocycles. The molecule has 0 aliphatic carbocycles. The Morgan fingerprint density at radius 1 is 1.35 bits per heavy atom. The van der Waals surface area contributed by atoms with Crippen LogP contribution in [-0.2, 0) is 10.0 Å². The van der Waals surface area contributed by atoms with E-state index < -0.39 is 15.8 Å². The maximum atomic E-state index is 13.3. The zero-order valence-corrected chi connectivity index (χ0v) is 14.6. The Labute approximate surface area is 133 Å². The molecule has 7 heteroatoms. The van der Waals surface area contributed by atoms with Gasteiger partial charge in [-0.15, -0.1) is 0 Å². The quantitative estimate of drug-likeness (QED) is 0.663. The number of rotatable bonds is 7. The van der Waals surface area contributed by atoms with Crippen molar-refractivity contribution in [3.8, 4) is 0 Å². The van der Waals surface area contributed by atoms with Crippen LogP contribution in [-0.4, -0.2) is 30.6 Å². The third-order valence-corrected chi connectivity index (χ3v) is 5.92. The van der Waals surface area contributed by atoms with Gasteiger partial charge >= 0.3 is 0 Å². The highest BCUT2D eigenvalue weighted by atomic mass is 79.9. The molecule has 0 bridgehead atoms. The normalized spacial score (nSPS) is 12.3. The van der Waals surface area contributed by atoms with Crippen LogP contribution < -0.4 is 0 Å². The highest BCUT2D eigenvalue weighted by Gasteiger charge is 2.31. The molecule has 1 aromatic carbocycles. The molecule has 0 unspecified atom stereocenters. The van der Waals surface area contributed by atoms with Gasteiger partial charge in [0.25, 0.3) is 0 Å². The minimum atomic E-state index is -3.81.